The van der Waals surface area contributed by atoms with E-state index in [1.807, 2.05) is 35.9 Å². The molecule has 1 amide bonds. The SMILES string of the molecule is Cc1cccn2cc(COc3ccccc3C(=O)Nc3ccc(Cl)cc3F)nc12. The second-order valence-corrected chi connectivity index (χ2v) is 6.95. The Morgan fingerprint density at radius 2 is 2.03 bits per heavy atom. The van der Waals surface area contributed by atoms with Gasteiger partial charge >= 0.3 is 0 Å². The molecule has 0 radical (unpaired) electrons. The summed E-state index contributed by atoms with van der Waals surface area (Å²) in [5.74, 6) is -0.704. The molecule has 7 heteroatoms. The van der Waals surface area contributed by atoms with Gasteiger partial charge in [0.2, 0.25) is 0 Å². The summed E-state index contributed by atoms with van der Waals surface area (Å²) in [6.45, 7) is 2.18. The third-order valence-corrected chi connectivity index (χ3v) is 4.65. The smallest absolute Gasteiger partial charge is 0.259 e. The molecule has 1 N–H and O–H groups in total. The third kappa shape index (κ3) is 4.07. The summed E-state index contributed by atoms with van der Waals surface area (Å²) in [4.78, 5) is 17.2. The van der Waals surface area contributed by atoms with Crippen molar-refractivity contribution >= 4 is 28.8 Å². The molecule has 0 unspecified atom stereocenters. The fourth-order valence-electron chi connectivity index (χ4n) is 2.99. The fraction of sp³-hybridized carbons (Fsp3) is 0.0909. The van der Waals surface area contributed by atoms with Crippen LogP contribution in [0.15, 0.2) is 67.0 Å². The molecule has 2 aromatic heterocycles. The van der Waals surface area contributed by atoms with Gasteiger partial charge in [0.1, 0.15) is 23.8 Å². The molecule has 4 rings (SSSR count). The van der Waals surface area contributed by atoms with Crippen molar-refractivity contribution in [1.82, 2.24) is 9.38 Å². The number of aryl methyl sites for hydroxylation is 1. The summed E-state index contributed by atoms with van der Waals surface area (Å²) in [5.41, 5.74) is 2.99. The molecule has 0 saturated carbocycles. The van der Waals surface area contributed by atoms with Gasteiger partial charge in [-0.2, -0.15) is 0 Å². The molecule has 0 atom stereocenters. The van der Waals surface area contributed by atoms with Crippen LogP contribution in [0, 0.1) is 12.7 Å². The van der Waals surface area contributed by atoms with Crippen LogP contribution in [0.4, 0.5) is 10.1 Å². The summed E-state index contributed by atoms with van der Waals surface area (Å²) in [5, 5.41) is 2.81. The molecule has 4 aromatic rings. The molecule has 2 heterocycles. The van der Waals surface area contributed by atoms with Crippen molar-refractivity contribution in [2.75, 3.05) is 5.32 Å². The van der Waals surface area contributed by atoms with Crippen molar-refractivity contribution in [3.63, 3.8) is 0 Å². The van der Waals surface area contributed by atoms with E-state index in [1.54, 1.807) is 24.3 Å². The summed E-state index contributed by atoms with van der Waals surface area (Å²) in [6.07, 6.45) is 3.80. The van der Waals surface area contributed by atoms with Crippen LogP contribution in [-0.4, -0.2) is 15.3 Å². The lowest BCUT2D eigenvalue weighted by atomic mass is 10.2. The Hall–Kier alpha value is -3.38. The lowest BCUT2D eigenvalue weighted by molar-refractivity contribution is 0.102. The second kappa shape index (κ2) is 7.93. The number of halogens is 2. The molecule has 0 aliphatic heterocycles. The Labute approximate surface area is 171 Å². The zero-order valence-corrected chi connectivity index (χ0v) is 16.3. The van der Waals surface area contributed by atoms with Crippen LogP contribution >= 0.6 is 11.6 Å². The highest BCUT2D eigenvalue weighted by Crippen LogP contribution is 2.23. The minimum absolute atomic E-state index is 0.0463. The summed E-state index contributed by atoms with van der Waals surface area (Å²) >= 11 is 5.75. The quantitative estimate of drug-likeness (QED) is 0.488. The van der Waals surface area contributed by atoms with Gasteiger partial charge < -0.3 is 14.5 Å². The number of rotatable bonds is 5. The Bertz CT molecular complexity index is 1210. The van der Waals surface area contributed by atoms with Gasteiger partial charge in [-0.3, -0.25) is 4.79 Å². The van der Waals surface area contributed by atoms with E-state index < -0.39 is 11.7 Å². The minimum atomic E-state index is -0.607. The largest absolute Gasteiger partial charge is 0.486 e. The molecule has 0 aliphatic carbocycles. The van der Waals surface area contributed by atoms with Crippen molar-refractivity contribution in [3.05, 3.63) is 94.7 Å². The van der Waals surface area contributed by atoms with E-state index in [4.69, 9.17) is 16.3 Å². The normalized spacial score (nSPS) is 10.9. The van der Waals surface area contributed by atoms with E-state index in [0.717, 1.165) is 23.0 Å². The predicted molar refractivity (Wildman–Crippen MR) is 110 cm³/mol. The average Bonchev–Trinajstić information content (AvgIpc) is 3.13. The van der Waals surface area contributed by atoms with Gasteiger partial charge in [0, 0.05) is 17.4 Å². The molecule has 0 bridgehead atoms. The van der Waals surface area contributed by atoms with E-state index >= 15 is 0 Å². The van der Waals surface area contributed by atoms with Crippen molar-refractivity contribution in [2.45, 2.75) is 13.5 Å². The lowest BCUT2D eigenvalue weighted by Crippen LogP contribution is -2.14. The lowest BCUT2D eigenvalue weighted by Gasteiger charge is -2.11. The summed E-state index contributed by atoms with van der Waals surface area (Å²) in [6, 6.07) is 14.8. The van der Waals surface area contributed by atoms with E-state index in [9.17, 15) is 9.18 Å². The zero-order valence-electron chi connectivity index (χ0n) is 15.5. The highest BCUT2D eigenvalue weighted by atomic mass is 35.5. The van der Waals surface area contributed by atoms with Crippen LogP contribution in [0.25, 0.3) is 5.65 Å². The number of nitrogens with one attached hydrogen (secondary N) is 1. The number of carbonyl (C=O) groups excluding carboxylic acids is 1. The molecule has 2 aromatic carbocycles. The number of hydrogen-bond donors (Lipinski definition) is 1. The maximum atomic E-state index is 14.0. The first-order valence-corrected chi connectivity index (χ1v) is 9.30. The van der Waals surface area contributed by atoms with Crippen molar-refractivity contribution in [3.8, 4) is 5.75 Å². The fourth-order valence-corrected chi connectivity index (χ4v) is 3.15. The van der Waals surface area contributed by atoms with Crippen LogP contribution < -0.4 is 10.1 Å². The predicted octanol–water partition coefficient (Wildman–Crippen LogP) is 5.27. The maximum absolute atomic E-state index is 14.0. The Morgan fingerprint density at radius 3 is 2.83 bits per heavy atom. The van der Waals surface area contributed by atoms with Gasteiger partial charge in [0.05, 0.1) is 16.9 Å². The number of hydrogen-bond acceptors (Lipinski definition) is 3. The molecule has 0 saturated heterocycles. The molecule has 29 heavy (non-hydrogen) atoms. The van der Waals surface area contributed by atoms with Crippen molar-refractivity contribution in [1.29, 1.82) is 0 Å². The van der Waals surface area contributed by atoms with Crippen LogP contribution in [0.5, 0.6) is 5.75 Å². The number of nitrogens with zero attached hydrogens (tertiary/aromatic N) is 2. The highest BCUT2D eigenvalue weighted by molar-refractivity contribution is 6.30. The van der Waals surface area contributed by atoms with Crippen molar-refractivity contribution < 1.29 is 13.9 Å². The average molecular weight is 410 g/mol. The first-order valence-electron chi connectivity index (χ1n) is 8.93. The van der Waals surface area contributed by atoms with E-state index in [1.165, 1.54) is 12.1 Å². The van der Waals surface area contributed by atoms with Gasteiger partial charge in [-0.25, -0.2) is 9.37 Å². The summed E-state index contributed by atoms with van der Waals surface area (Å²) < 4.78 is 21.8. The molecular formula is C22H17ClFN3O2. The van der Waals surface area contributed by atoms with E-state index in [2.05, 4.69) is 10.3 Å². The molecular weight excluding hydrogens is 393 g/mol. The molecule has 0 aliphatic rings. The number of para-hydroxylation sites is 1. The Balaban J connectivity index is 1.53. The van der Waals surface area contributed by atoms with Gasteiger partial charge in [0.25, 0.3) is 5.91 Å². The number of carbonyl (C=O) groups is 1. The van der Waals surface area contributed by atoms with E-state index in [-0.39, 0.29) is 17.3 Å². The first-order chi connectivity index (χ1) is 14.0. The Morgan fingerprint density at radius 1 is 1.21 bits per heavy atom. The molecule has 0 fully saturated rings. The molecule has 0 spiro atoms. The second-order valence-electron chi connectivity index (χ2n) is 6.52. The summed E-state index contributed by atoms with van der Waals surface area (Å²) in [7, 11) is 0. The van der Waals surface area contributed by atoms with Crippen LogP contribution in [0.1, 0.15) is 21.6 Å². The number of imidazole rings is 1. The molecule has 5 nitrogen and oxygen atoms in total. The van der Waals surface area contributed by atoms with Crippen LogP contribution in [-0.2, 0) is 6.61 Å². The molecule has 146 valence electrons. The standard InChI is InChI=1S/C22H17ClFN3O2/c1-14-5-4-10-27-12-16(25-21(14)27)13-29-20-7-3-2-6-17(20)22(28)26-19-9-8-15(23)11-18(19)24/h2-12H,13H2,1H3,(H,26,28). The van der Waals surface area contributed by atoms with Crippen LogP contribution in [0.2, 0.25) is 5.02 Å². The van der Waals surface area contributed by atoms with Gasteiger partial charge in [0.15, 0.2) is 0 Å². The minimum Gasteiger partial charge on any atom is -0.486 e. The number of amides is 1. The zero-order chi connectivity index (χ0) is 20.4. The monoisotopic (exact) mass is 409 g/mol. The van der Waals surface area contributed by atoms with E-state index in [0.29, 0.717) is 11.3 Å². The first kappa shape index (κ1) is 19.0. The van der Waals surface area contributed by atoms with Gasteiger partial charge in [-0.1, -0.05) is 29.8 Å². The number of fused-ring (bicyclic) bond motifs is 1. The number of aromatic nitrogens is 2. The highest BCUT2D eigenvalue weighted by Gasteiger charge is 2.15. The van der Waals surface area contributed by atoms with Crippen molar-refractivity contribution in [2.24, 2.45) is 0 Å². The maximum Gasteiger partial charge on any atom is 0.259 e. The third-order valence-electron chi connectivity index (χ3n) is 4.41. The topological polar surface area (TPSA) is 55.6 Å². The number of ether oxygens (including phenoxy) is 1. The van der Waals surface area contributed by atoms with Gasteiger partial charge in [-0.15, -0.1) is 0 Å². The van der Waals surface area contributed by atoms with Gasteiger partial charge in [-0.05, 0) is 48.9 Å². The number of anilines is 1. The number of benzene rings is 2. The van der Waals surface area contributed by atoms with Crippen LogP contribution in [0.3, 0.4) is 0 Å². The number of pyridine rings is 1. The Kier molecular flexibility index (Phi) is 5.18.